The molecular weight excluding hydrogens is 330 g/mol. The first-order chi connectivity index (χ1) is 12.8. The molecule has 5 heteroatoms. The molecule has 0 amide bonds. The summed E-state index contributed by atoms with van der Waals surface area (Å²) in [5.41, 5.74) is 2.33. The number of hydrogen-bond donors (Lipinski definition) is 1. The van der Waals surface area contributed by atoms with Gasteiger partial charge in [0.15, 0.2) is 17.3 Å². The van der Waals surface area contributed by atoms with Crippen LogP contribution in [0.5, 0.6) is 17.2 Å². The zero-order valence-electron chi connectivity index (χ0n) is 14.5. The Morgan fingerprint density at radius 3 is 2.96 bits per heavy atom. The number of rotatable bonds is 4. The van der Waals surface area contributed by atoms with Gasteiger partial charge in [0.1, 0.15) is 5.75 Å². The van der Waals surface area contributed by atoms with E-state index in [4.69, 9.17) is 14.2 Å². The number of methoxy groups -OCH3 is 1. The molecule has 1 aromatic heterocycles. The van der Waals surface area contributed by atoms with Crippen LogP contribution in [0, 0.1) is 0 Å². The number of nitrogens with one attached hydrogen (secondary N) is 1. The molecular formula is C21H19NO4. The van der Waals surface area contributed by atoms with Crippen LogP contribution in [0.15, 0.2) is 48.7 Å². The van der Waals surface area contributed by atoms with Gasteiger partial charge in [0.05, 0.1) is 20.3 Å². The fourth-order valence-electron chi connectivity index (χ4n) is 3.03. The molecule has 1 aliphatic rings. The quantitative estimate of drug-likeness (QED) is 0.565. The lowest BCUT2D eigenvalue weighted by atomic mass is 10.1. The van der Waals surface area contributed by atoms with Gasteiger partial charge in [-0.25, -0.2) is 0 Å². The molecule has 0 aliphatic carbocycles. The Labute approximate surface area is 151 Å². The van der Waals surface area contributed by atoms with E-state index in [1.807, 2.05) is 36.4 Å². The van der Waals surface area contributed by atoms with Crippen LogP contribution in [0.3, 0.4) is 0 Å². The minimum Gasteiger partial charge on any atom is -0.497 e. The molecule has 0 bridgehead atoms. The lowest BCUT2D eigenvalue weighted by Crippen LogP contribution is -1.98. The minimum atomic E-state index is -0.0864. The number of aromatic amines is 1. The average Bonchev–Trinajstić information content (AvgIpc) is 2.94. The molecule has 0 saturated heterocycles. The van der Waals surface area contributed by atoms with Gasteiger partial charge in [0.2, 0.25) is 0 Å². The highest BCUT2D eigenvalue weighted by Gasteiger charge is 2.14. The highest BCUT2D eigenvalue weighted by molar-refractivity contribution is 6.15. The van der Waals surface area contributed by atoms with Gasteiger partial charge in [-0.1, -0.05) is 12.1 Å². The number of ether oxygens (including phenoxy) is 3. The molecule has 3 aromatic rings. The number of carbonyl (C=O) groups is 1. The van der Waals surface area contributed by atoms with Crippen molar-refractivity contribution in [3.63, 3.8) is 0 Å². The third-order valence-corrected chi connectivity index (χ3v) is 4.37. The average molecular weight is 349 g/mol. The maximum absolute atomic E-state index is 12.7. The fourth-order valence-corrected chi connectivity index (χ4v) is 3.03. The Balaban J connectivity index is 1.65. The molecule has 0 atom stereocenters. The van der Waals surface area contributed by atoms with E-state index in [-0.39, 0.29) is 5.78 Å². The van der Waals surface area contributed by atoms with Gasteiger partial charge in [-0.2, -0.15) is 0 Å². The number of aromatic nitrogens is 1. The number of benzene rings is 2. The van der Waals surface area contributed by atoms with Crippen molar-refractivity contribution in [2.75, 3.05) is 20.3 Å². The van der Waals surface area contributed by atoms with Gasteiger partial charge in [0.25, 0.3) is 0 Å². The highest BCUT2D eigenvalue weighted by atomic mass is 16.5. The number of para-hydroxylation sites is 1. The first-order valence-electron chi connectivity index (χ1n) is 8.52. The number of hydrogen-bond acceptors (Lipinski definition) is 4. The summed E-state index contributed by atoms with van der Waals surface area (Å²) in [7, 11) is 1.61. The van der Waals surface area contributed by atoms with Crippen molar-refractivity contribution < 1.29 is 19.0 Å². The molecule has 132 valence electrons. The zero-order chi connectivity index (χ0) is 17.9. The van der Waals surface area contributed by atoms with Crippen molar-refractivity contribution in [2.24, 2.45) is 0 Å². The van der Waals surface area contributed by atoms with Gasteiger partial charge in [-0.15, -0.1) is 0 Å². The second-order valence-electron chi connectivity index (χ2n) is 6.04. The highest BCUT2D eigenvalue weighted by Crippen LogP contribution is 2.34. The van der Waals surface area contributed by atoms with Crippen molar-refractivity contribution in [3.05, 3.63) is 59.8 Å². The maximum Gasteiger partial charge on any atom is 0.188 e. The molecule has 0 saturated carbocycles. The van der Waals surface area contributed by atoms with Crippen LogP contribution in [0.25, 0.3) is 17.0 Å². The summed E-state index contributed by atoms with van der Waals surface area (Å²) in [6.45, 7) is 1.24. The smallest absolute Gasteiger partial charge is 0.188 e. The minimum absolute atomic E-state index is 0.0864. The van der Waals surface area contributed by atoms with Crippen molar-refractivity contribution in [1.29, 1.82) is 0 Å². The van der Waals surface area contributed by atoms with Gasteiger partial charge < -0.3 is 19.2 Å². The van der Waals surface area contributed by atoms with E-state index in [0.717, 1.165) is 22.9 Å². The van der Waals surface area contributed by atoms with E-state index in [9.17, 15) is 4.79 Å². The number of H-pyrrole nitrogens is 1. The first kappa shape index (κ1) is 16.3. The maximum atomic E-state index is 12.7. The number of ketones is 1. The van der Waals surface area contributed by atoms with Crippen molar-refractivity contribution in [3.8, 4) is 17.2 Å². The lowest BCUT2D eigenvalue weighted by Gasteiger charge is -2.09. The summed E-state index contributed by atoms with van der Waals surface area (Å²) < 4.78 is 16.7. The second kappa shape index (κ2) is 6.96. The largest absolute Gasteiger partial charge is 0.497 e. The number of fused-ring (bicyclic) bond motifs is 2. The predicted molar refractivity (Wildman–Crippen MR) is 100 cm³/mol. The van der Waals surface area contributed by atoms with Gasteiger partial charge in [-0.3, -0.25) is 4.79 Å². The standard InChI is InChI=1S/C21H19NO4/c1-24-15-7-8-18-16(12-15)17(13-22-18)19(23)9-6-14-4-2-5-20-21(14)26-11-3-10-25-20/h2,4-9,12-13,22H,3,10-11H2,1H3/b9-6+. The first-order valence-corrected chi connectivity index (χ1v) is 8.52. The molecule has 1 N–H and O–H groups in total. The van der Waals surface area contributed by atoms with Crippen molar-refractivity contribution >= 4 is 22.8 Å². The van der Waals surface area contributed by atoms with E-state index in [1.54, 1.807) is 25.5 Å². The number of allylic oxidation sites excluding steroid dienone is 1. The van der Waals surface area contributed by atoms with Gasteiger partial charge >= 0.3 is 0 Å². The summed E-state index contributed by atoms with van der Waals surface area (Å²) in [6, 6.07) is 11.3. The Morgan fingerprint density at radius 1 is 1.19 bits per heavy atom. The SMILES string of the molecule is COc1ccc2[nH]cc(C(=O)/C=C/c3cccc4c3OCCCO4)c2c1. The number of carbonyl (C=O) groups excluding carboxylic acids is 1. The second-order valence-corrected chi connectivity index (χ2v) is 6.04. The van der Waals surface area contributed by atoms with Crippen molar-refractivity contribution in [2.45, 2.75) is 6.42 Å². The third kappa shape index (κ3) is 3.04. The normalized spacial score (nSPS) is 13.7. The van der Waals surface area contributed by atoms with Crippen LogP contribution in [0.2, 0.25) is 0 Å². The summed E-state index contributed by atoms with van der Waals surface area (Å²) in [5, 5.41) is 0.838. The Hall–Kier alpha value is -3.21. The van der Waals surface area contributed by atoms with Crippen LogP contribution in [0.1, 0.15) is 22.3 Å². The van der Waals surface area contributed by atoms with E-state index >= 15 is 0 Å². The topological polar surface area (TPSA) is 60.6 Å². The molecule has 2 aromatic carbocycles. The van der Waals surface area contributed by atoms with E-state index in [1.165, 1.54) is 0 Å². The lowest BCUT2D eigenvalue weighted by molar-refractivity contribution is 0.104. The molecule has 0 unspecified atom stereocenters. The summed E-state index contributed by atoms with van der Waals surface area (Å²) in [6.07, 6.45) is 5.90. The Kier molecular flexibility index (Phi) is 4.35. The molecule has 5 nitrogen and oxygen atoms in total. The van der Waals surface area contributed by atoms with Crippen LogP contribution in [0.4, 0.5) is 0 Å². The molecule has 0 spiro atoms. The molecule has 26 heavy (non-hydrogen) atoms. The van der Waals surface area contributed by atoms with Crippen LogP contribution >= 0.6 is 0 Å². The zero-order valence-corrected chi connectivity index (χ0v) is 14.5. The van der Waals surface area contributed by atoms with Crippen LogP contribution < -0.4 is 14.2 Å². The van der Waals surface area contributed by atoms with Gasteiger partial charge in [0, 0.05) is 34.6 Å². The molecule has 0 fully saturated rings. The van der Waals surface area contributed by atoms with Gasteiger partial charge in [-0.05, 0) is 36.4 Å². The summed E-state index contributed by atoms with van der Waals surface area (Å²) in [4.78, 5) is 15.8. The summed E-state index contributed by atoms with van der Waals surface area (Å²) in [5.74, 6) is 2.04. The predicted octanol–water partition coefficient (Wildman–Crippen LogP) is 4.23. The van der Waals surface area contributed by atoms with Crippen LogP contribution in [-0.4, -0.2) is 31.1 Å². The fraction of sp³-hybridized carbons (Fsp3) is 0.190. The third-order valence-electron chi connectivity index (χ3n) is 4.37. The molecule has 4 rings (SSSR count). The molecule has 0 radical (unpaired) electrons. The van der Waals surface area contributed by atoms with Crippen molar-refractivity contribution in [1.82, 2.24) is 4.98 Å². The molecule has 1 aliphatic heterocycles. The Bertz CT molecular complexity index is 987. The van der Waals surface area contributed by atoms with Crippen LogP contribution in [-0.2, 0) is 0 Å². The van der Waals surface area contributed by atoms with E-state index < -0.39 is 0 Å². The van der Waals surface area contributed by atoms with E-state index in [0.29, 0.717) is 36.0 Å². The summed E-state index contributed by atoms with van der Waals surface area (Å²) >= 11 is 0. The Morgan fingerprint density at radius 2 is 2.08 bits per heavy atom. The van der Waals surface area contributed by atoms with E-state index in [2.05, 4.69) is 4.98 Å². The molecule has 2 heterocycles. The monoisotopic (exact) mass is 349 g/mol.